The lowest BCUT2D eigenvalue weighted by atomic mass is 9.68. The Bertz CT molecular complexity index is 1900. The van der Waals surface area contributed by atoms with Crippen molar-refractivity contribution in [3.05, 3.63) is 235 Å². The molecule has 0 saturated carbocycles. The summed E-state index contributed by atoms with van der Waals surface area (Å²) in [6.45, 7) is 9.94. The fourth-order valence-electron chi connectivity index (χ4n) is 6.17. The number of benzene rings is 3. The van der Waals surface area contributed by atoms with Crippen LogP contribution in [-0.4, -0.2) is 0 Å². The van der Waals surface area contributed by atoms with Crippen LogP contribution >= 0.6 is 0 Å². The predicted molar refractivity (Wildman–Crippen MR) is 203 cm³/mol. The van der Waals surface area contributed by atoms with Gasteiger partial charge in [-0.05, 0) is 81.7 Å². The summed E-state index contributed by atoms with van der Waals surface area (Å²) in [6, 6.07) is 24.5. The maximum atomic E-state index is 4.16. The Labute approximate surface area is 275 Å². The maximum absolute atomic E-state index is 4.16. The van der Waals surface area contributed by atoms with E-state index in [1.807, 2.05) is 30.4 Å². The zero-order valence-corrected chi connectivity index (χ0v) is 26.7. The minimum absolute atomic E-state index is 0.376. The highest BCUT2D eigenvalue weighted by atomic mass is 14.5. The van der Waals surface area contributed by atoms with Crippen LogP contribution in [0.3, 0.4) is 0 Å². The molecular formula is C46H42. The molecule has 3 aromatic carbocycles. The molecule has 0 spiro atoms. The van der Waals surface area contributed by atoms with Crippen LogP contribution in [0.25, 0.3) is 16.3 Å². The van der Waals surface area contributed by atoms with E-state index in [1.165, 1.54) is 44.2 Å². The van der Waals surface area contributed by atoms with Crippen molar-refractivity contribution in [1.82, 2.24) is 0 Å². The summed E-state index contributed by atoms with van der Waals surface area (Å²) in [7, 11) is 0. The van der Waals surface area contributed by atoms with E-state index in [9.17, 15) is 0 Å². The van der Waals surface area contributed by atoms with Gasteiger partial charge in [0.15, 0.2) is 0 Å². The van der Waals surface area contributed by atoms with E-state index in [0.29, 0.717) is 0 Å². The van der Waals surface area contributed by atoms with E-state index >= 15 is 0 Å². The molecule has 0 heterocycles. The Balaban J connectivity index is 1.65. The number of allylic oxidation sites excluding steroid dienone is 24. The Morgan fingerprint density at radius 2 is 1.43 bits per heavy atom. The number of hydrogen-bond donors (Lipinski definition) is 0. The Morgan fingerprint density at radius 3 is 2.22 bits per heavy atom. The topological polar surface area (TPSA) is 0 Å². The van der Waals surface area contributed by atoms with Gasteiger partial charge in [-0.25, -0.2) is 0 Å². The highest BCUT2D eigenvalue weighted by molar-refractivity contribution is 5.96. The second-order valence-corrected chi connectivity index (χ2v) is 11.4. The largest absolute Gasteiger partial charge is 0.0991 e. The molecule has 3 aromatic rings. The second-order valence-electron chi connectivity index (χ2n) is 11.4. The first-order valence-electron chi connectivity index (χ1n) is 16.0. The minimum atomic E-state index is -0.376. The van der Waals surface area contributed by atoms with Crippen LogP contribution in [0.2, 0.25) is 0 Å². The van der Waals surface area contributed by atoms with Crippen molar-refractivity contribution in [1.29, 1.82) is 0 Å². The number of hydrogen-bond acceptors (Lipinski definition) is 0. The van der Waals surface area contributed by atoms with Gasteiger partial charge in [-0.3, -0.25) is 0 Å². The van der Waals surface area contributed by atoms with Crippen LogP contribution < -0.4 is 0 Å². The zero-order valence-electron chi connectivity index (χ0n) is 26.7. The standard InChI is InChI=1S/C46H42/c1-4-6-8-12-23-37(3)24-13-11-22-34-46(41-30-15-10-16-31-41)44-33-21-18-27-38(25-7-5-2)26-14-9-17-32-42(44)43-35-39-28-19-20-29-40(39)36-45(43)46/h4-24,26-33,35-36H,1,3,25,34H2,2H3/b7-5+,8-6-,14-9?,17-9?,21-18?,22-11-,23-12-,24-13-,26-14?,27-18?,32-17?,33-21?,38-26?,38-27?,42-32?,44-33?. The first-order chi connectivity index (χ1) is 22.7. The van der Waals surface area contributed by atoms with Crippen LogP contribution in [0.5, 0.6) is 0 Å². The van der Waals surface area contributed by atoms with Gasteiger partial charge in [-0.15, -0.1) is 0 Å². The molecule has 1 unspecified atom stereocenters. The molecule has 0 aliphatic heterocycles. The van der Waals surface area contributed by atoms with Gasteiger partial charge in [0.25, 0.3) is 0 Å². The molecule has 0 aromatic heterocycles. The van der Waals surface area contributed by atoms with Gasteiger partial charge >= 0.3 is 0 Å². The predicted octanol–water partition coefficient (Wildman–Crippen LogP) is 12.4. The van der Waals surface area contributed by atoms with Gasteiger partial charge in [0.1, 0.15) is 0 Å². The average Bonchev–Trinajstić information content (AvgIpc) is 3.33. The average molecular weight is 595 g/mol. The van der Waals surface area contributed by atoms with Crippen LogP contribution in [0.4, 0.5) is 0 Å². The summed E-state index contributed by atoms with van der Waals surface area (Å²) in [5.41, 5.74) is 8.28. The van der Waals surface area contributed by atoms with E-state index in [4.69, 9.17) is 0 Å². The van der Waals surface area contributed by atoms with Gasteiger partial charge < -0.3 is 0 Å². The summed E-state index contributed by atoms with van der Waals surface area (Å²) < 4.78 is 0. The summed E-state index contributed by atoms with van der Waals surface area (Å²) in [5, 5.41) is 2.50. The van der Waals surface area contributed by atoms with Gasteiger partial charge in [0.05, 0.1) is 0 Å². The van der Waals surface area contributed by atoms with Crippen molar-refractivity contribution in [2.45, 2.75) is 25.2 Å². The molecule has 0 amide bonds. The second kappa shape index (κ2) is 16.0. The summed E-state index contributed by atoms with van der Waals surface area (Å²) in [4.78, 5) is 0. The molecule has 0 N–H and O–H groups in total. The van der Waals surface area contributed by atoms with E-state index in [1.54, 1.807) is 6.08 Å². The quantitative estimate of drug-likeness (QED) is 0.162. The first-order valence-corrected chi connectivity index (χ1v) is 16.0. The smallest absolute Gasteiger partial charge is 0.0498 e. The molecule has 2 aliphatic rings. The Hall–Kier alpha value is -5.46. The molecule has 46 heavy (non-hydrogen) atoms. The summed E-state index contributed by atoms with van der Waals surface area (Å²) in [6.07, 6.45) is 44.0. The molecule has 0 nitrogen and oxygen atoms in total. The fourth-order valence-corrected chi connectivity index (χ4v) is 6.17. The van der Waals surface area contributed by atoms with Crippen LogP contribution in [0.15, 0.2) is 218 Å². The lowest BCUT2D eigenvalue weighted by Crippen LogP contribution is -2.27. The lowest BCUT2D eigenvalue weighted by Gasteiger charge is -2.33. The molecular weight excluding hydrogens is 553 g/mol. The molecule has 5 rings (SSSR count). The van der Waals surface area contributed by atoms with Crippen molar-refractivity contribution in [3.8, 4) is 0 Å². The van der Waals surface area contributed by atoms with Gasteiger partial charge in [0.2, 0.25) is 0 Å². The van der Waals surface area contributed by atoms with Crippen molar-refractivity contribution < 1.29 is 0 Å². The number of rotatable bonds is 10. The highest BCUT2D eigenvalue weighted by Crippen LogP contribution is 2.54. The van der Waals surface area contributed by atoms with Crippen LogP contribution in [0, 0.1) is 0 Å². The summed E-state index contributed by atoms with van der Waals surface area (Å²) in [5.74, 6) is 0. The monoisotopic (exact) mass is 594 g/mol. The van der Waals surface area contributed by atoms with Crippen molar-refractivity contribution >= 4 is 16.3 Å². The van der Waals surface area contributed by atoms with E-state index in [-0.39, 0.29) is 5.41 Å². The molecule has 226 valence electrons. The van der Waals surface area contributed by atoms with Crippen molar-refractivity contribution in [3.63, 3.8) is 0 Å². The Morgan fingerprint density at radius 1 is 0.717 bits per heavy atom. The normalized spacial score (nSPS) is 18.2. The van der Waals surface area contributed by atoms with Crippen molar-refractivity contribution in [2.75, 3.05) is 0 Å². The summed E-state index contributed by atoms with van der Waals surface area (Å²) >= 11 is 0. The molecule has 0 fully saturated rings. The van der Waals surface area contributed by atoms with Crippen LogP contribution in [-0.2, 0) is 5.41 Å². The zero-order chi connectivity index (χ0) is 32.0. The SMILES string of the molecule is C=C/C=C\C=C/C(=C)/C=C\C=C/CC1(c2ccccc2)C2=C(C=CC=CC=C(C/C=C/C)C=CC=C2)c2cc3ccccc3cc21. The lowest BCUT2D eigenvalue weighted by molar-refractivity contribution is 0.640. The third-order valence-electron chi connectivity index (χ3n) is 8.37. The van der Waals surface area contributed by atoms with Gasteiger partial charge in [-0.2, -0.15) is 0 Å². The van der Waals surface area contributed by atoms with E-state index in [2.05, 4.69) is 172 Å². The molecule has 1 atom stereocenters. The Kier molecular flexibility index (Phi) is 11.1. The molecule has 2 aliphatic carbocycles. The van der Waals surface area contributed by atoms with E-state index < -0.39 is 0 Å². The first kappa shape index (κ1) is 31.9. The van der Waals surface area contributed by atoms with E-state index in [0.717, 1.165) is 18.4 Å². The molecule has 0 bridgehead atoms. The molecule has 0 heteroatoms. The highest BCUT2D eigenvalue weighted by Gasteiger charge is 2.44. The molecule has 0 radical (unpaired) electrons. The van der Waals surface area contributed by atoms with Gasteiger partial charge in [-0.1, -0.05) is 189 Å². The third kappa shape index (κ3) is 7.42. The maximum Gasteiger partial charge on any atom is 0.0498 e. The molecule has 0 saturated heterocycles. The van der Waals surface area contributed by atoms with Crippen molar-refractivity contribution in [2.24, 2.45) is 0 Å². The third-order valence-corrected chi connectivity index (χ3v) is 8.37. The number of fused-ring (bicyclic) bond motifs is 3. The minimum Gasteiger partial charge on any atom is -0.0991 e. The fraction of sp³-hybridized carbons (Fsp3) is 0.0870. The van der Waals surface area contributed by atoms with Crippen LogP contribution in [0.1, 0.15) is 36.5 Å². The van der Waals surface area contributed by atoms with Gasteiger partial charge in [0, 0.05) is 5.41 Å².